The molecular formula is C24H29ClO4. The summed E-state index contributed by atoms with van der Waals surface area (Å²) in [6.07, 6.45) is 2.96. The molecule has 0 bridgehead atoms. The monoisotopic (exact) mass is 416 g/mol. The quantitative estimate of drug-likeness (QED) is 0.758. The van der Waals surface area contributed by atoms with Crippen molar-refractivity contribution >= 4 is 11.6 Å². The standard InChI is InChI=1S/C24H29ClO4/c25-23-6-5-19(24-14-21(27)13-22(15-26)29-24)12-20(23)11-16-1-3-17(4-2-16)18-7-9-28-10-8-18/h1-6,12,18,21-22,24,26-27H,7-11,13-15H2/t21?,22-,24+/m0/s1. The van der Waals surface area contributed by atoms with Crippen molar-refractivity contribution < 1.29 is 19.7 Å². The van der Waals surface area contributed by atoms with Crippen LogP contribution in [0, 0.1) is 0 Å². The van der Waals surface area contributed by atoms with Crippen LogP contribution in [0.5, 0.6) is 0 Å². The van der Waals surface area contributed by atoms with Crippen LogP contribution in [-0.4, -0.2) is 42.2 Å². The number of halogens is 1. The van der Waals surface area contributed by atoms with E-state index in [2.05, 4.69) is 30.3 Å². The summed E-state index contributed by atoms with van der Waals surface area (Å²) < 4.78 is 11.4. The SMILES string of the molecule is OC[C@@H]1CC(O)C[C@H](c2ccc(Cl)c(Cc3ccc(C4CCOCC4)cc3)c2)O1. The molecule has 0 spiro atoms. The van der Waals surface area contributed by atoms with Crippen LogP contribution in [-0.2, 0) is 15.9 Å². The number of ether oxygens (including phenoxy) is 2. The Bertz CT molecular complexity index is 801. The van der Waals surface area contributed by atoms with Gasteiger partial charge in [-0.15, -0.1) is 0 Å². The molecule has 2 heterocycles. The van der Waals surface area contributed by atoms with Crippen molar-refractivity contribution in [3.05, 3.63) is 69.7 Å². The molecule has 3 atom stereocenters. The van der Waals surface area contributed by atoms with Crippen molar-refractivity contribution in [2.24, 2.45) is 0 Å². The second-order valence-electron chi connectivity index (χ2n) is 8.21. The molecule has 0 amide bonds. The molecule has 5 heteroatoms. The molecule has 2 aromatic carbocycles. The van der Waals surface area contributed by atoms with Crippen LogP contribution in [0.15, 0.2) is 42.5 Å². The molecule has 2 aliphatic heterocycles. The first-order chi connectivity index (χ1) is 14.1. The molecule has 2 aromatic rings. The highest BCUT2D eigenvalue weighted by Crippen LogP contribution is 2.34. The van der Waals surface area contributed by atoms with E-state index in [-0.39, 0.29) is 18.8 Å². The van der Waals surface area contributed by atoms with Gasteiger partial charge in [-0.2, -0.15) is 0 Å². The zero-order valence-corrected chi connectivity index (χ0v) is 17.4. The minimum Gasteiger partial charge on any atom is -0.394 e. The fourth-order valence-electron chi connectivity index (χ4n) is 4.41. The number of hydrogen-bond acceptors (Lipinski definition) is 4. The Morgan fingerprint density at radius 2 is 1.69 bits per heavy atom. The van der Waals surface area contributed by atoms with E-state index in [0.29, 0.717) is 18.8 Å². The molecule has 0 radical (unpaired) electrons. The lowest BCUT2D eigenvalue weighted by Gasteiger charge is -2.32. The second-order valence-corrected chi connectivity index (χ2v) is 8.62. The lowest BCUT2D eigenvalue weighted by molar-refractivity contribution is -0.113. The summed E-state index contributed by atoms with van der Waals surface area (Å²) in [5, 5.41) is 20.3. The average Bonchev–Trinajstić information content (AvgIpc) is 2.76. The second kappa shape index (κ2) is 9.59. The van der Waals surface area contributed by atoms with Gasteiger partial charge in [0.1, 0.15) is 0 Å². The van der Waals surface area contributed by atoms with Crippen molar-refractivity contribution in [1.82, 2.24) is 0 Å². The van der Waals surface area contributed by atoms with E-state index in [9.17, 15) is 10.2 Å². The lowest BCUT2D eigenvalue weighted by atomic mass is 9.90. The van der Waals surface area contributed by atoms with Gasteiger partial charge in [-0.25, -0.2) is 0 Å². The minimum absolute atomic E-state index is 0.0759. The van der Waals surface area contributed by atoms with Crippen molar-refractivity contribution in [2.75, 3.05) is 19.8 Å². The Labute approximate surface area is 177 Å². The summed E-state index contributed by atoms with van der Waals surface area (Å²) in [6, 6.07) is 14.8. The highest BCUT2D eigenvalue weighted by molar-refractivity contribution is 6.31. The maximum Gasteiger partial charge on any atom is 0.0854 e. The van der Waals surface area contributed by atoms with Crippen molar-refractivity contribution in [3.63, 3.8) is 0 Å². The minimum atomic E-state index is -0.456. The van der Waals surface area contributed by atoms with Crippen molar-refractivity contribution in [1.29, 1.82) is 0 Å². The number of aliphatic hydroxyl groups is 2. The summed E-state index contributed by atoms with van der Waals surface area (Å²) in [6.45, 7) is 1.63. The van der Waals surface area contributed by atoms with Crippen LogP contribution < -0.4 is 0 Å². The first-order valence-electron chi connectivity index (χ1n) is 10.5. The van der Waals surface area contributed by atoms with Gasteiger partial charge in [0.15, 0.2) is 0 Å². The third-order valence-electron chi connectivity index (χ3n) is 6.09. The molecule has 2 aliphatic rings. The van der Waals surface area contributed by atoms with Gasteiger partial charge in [-0.1, -0.05) is 48.0 Å². The maximum atomic E-state index is 10.1. The predicted molar refractivity (Wildman–Crippen MR) is 113 cm³/mol. The molecule has 0 aromatic heterocycles. The fourth-order valence-corrected chi connectivity index (χ4v) is 4.60. The Kier molecular flexibility index (Phi) is 6.88. The van der Waals surface area contributed by atoms with E-state index in [1.54, 1.807) is 0 Å². The van der Waals surface area contributed by atoms with Crippen LogP contribution >= 0.6 is 11.6 Å². The smallest absolute Gasteiger partial charge is 0.0854 e. The van der Waals surface area contributed by atoms with Crippen molar-refractivity contribution in [3.8, 4) is 0 Å². The molecule has 0 saturated carbocycles. The summed E-state index contributed by atoms with van der Waals surface area (Å²) in [5.41, 5.74) is 4.65. The first-order valence-corrected chi connectivity index (χ1v) is 10.9. The molecule has 2 N–H and O–H groups in total. The molecule has 2 fully saturated rings. The van der Waals surface area contributed by atoms with Gasteiger partial charge in [-0.05, 0) is 53.5 Å². The van der Waals surface area contributed by atoms with Gasteiger partial charge in [0.05, 0.1) is 24.9 Å². The number of rotatable bonds is 5. The van der Waals surface area contributed by atoms with E-state index < -0.39 is 6.10 Å². The molecule has 2 saturated heterocycles. The molecule has 0 aliphatic carbocycles. The van der Waals surface area contributed by atoms with E-state index in [1.165, 1.54) is 11.1 Å². The number of hydrogen-bond donors (Lipinski definition) is 2. The first kappa shape index (κ1) is 20.8. The molecular weight excluding hydrogens is 388 g/mol. The zero-order chi connectivity index (χ0) is 20.2. The third-order valence-corrected chi connectivity index (χ3v) is 6.46. The van der Waals surface area contributed by atoms with Gasteiger partial charge in [0.25, 0.3) is 0 Å². The highest BCUT2D eigenvalue weighted by Gasteiger charge is 2.29. The van der Waals surface area contributed by atoms with Gasteiger partial charge in [-0.3, -0.25) is 0 Å². The summed E-state index contributed by atoms with van der Waals surface area (Å²) in [7, 11) is 0. The summed E-state index contributed by atoms with van der Waals surface area (Å²) >= 11 is 6.48. The van der Waals surface area contributed by atoms with Gasteiger partial charge < -0.3 is 19.7 Å². The largest absolute Gasteiger partial charge is 0.394 e. The number of aliphatic hydroxyl groups excluding tert-OH is 2. The van der Waals surface area contributed by atoms with Gasteiger partial charge in [0, 0.05) is 31.1 Å². The van der Waals surface area contributed by atoms with Crippen LogP contribution in [0.2, 0.25) is 5.02 Å². The molecule has 4 nitrogen and oxygen atoms in total. The zero-order valence-electron chi connectivity index (χ0n) is 16.6. The Morgan fingerprint density at radius 1 is 0.966 bits per heavy atom. The van der Waals surface area contributed by atoms with E-state index >= 15 is 0 Å². The van der Waals surface area contributed by atoms with Crippen LogP contribution in [0.1, 0.15) is 60.0 Å². The summed E-state index contributed by atoms with van der Waals surface area (Å²) in [5.74, 6) is 0.596. The normalized spacial score (nSPS) is 25.8. The van der Waals surface area contributed by atoms with E-state index in [1.807, 2.05) is 12.1 Å². The third kappa shape index (κ3) is 5.19. The van der Waals surface area contributed by atoms with Crippen molar-refractivity contribution in [2.45, 2.75) is 56.3 Å². The highest BCUT2D eigenvalue weighted by atomic mass is 35.5. The molecule has 1 unspecified atom stereocenters. The topological polar surface area (TPSA) is 58.9 Å². The van der Waals surface area contributed by atoms with Gasteiger partial charge >= 0.3 is 0 Å². The Morgan fingerprint density at radius 3 is 2.41 bits per heavy atom. The Balaban J connectivity index is 1.48. The van der Waals surface area contributed by atoms with Gasteiger partial charge in [0.2, 0.25) is 0 Å². The summed E-state index contributed by atoms with van der Waals surface area (Å²) in [4.78, 5) is 0. The maximum absolute atomic E-state index is 10.1. The van der Waals surface area contributed by atoms with Crippen LogP contribution in [0.3, 0.4) is 0 Å². The number of benzene rings is 2. The van der Waals surface area contributed by atoms with E-state index in [0.717, 1.165) is 48.6 Å². The molecule has 156 valence electrons. The predicted octanol–water partition coefficient (Wildman–Crippen LogP) is 4.40. The van der Waals surface area contributed by atoms with Crippen LogP contribution in [0.4, 0.5) is 0 Å². The molecule has 29 heavy (non-hydrogen) atoms. The average molecular weight is 417 g/mol. The van der Waals surface area contributed by atoms with E-state index in [4.69, 9.17) is 21.1 Å². The lowest BCUT2D eigenvalue weighted by Crippen LogP contribution is -2.33. The fraction of sp³-hybridized carbons (Fsp3) is 0.500. The molecule has 4 rings (SSSR count). The Hall–Kier alpha value is -1.43. The van der Waals surface area contributed by atoms with Crippen LogP contribution in [0.25, 0.3) is 0 Å².